The highest BCUT2D eigenvalue weighted by Gasteiger charge is 2.42. The van der Waals surface area contributed by atoms with Gasteiger partial charge < -0.3 is 0 Å². The van der Waals surface area contributed by atoms with E-state index in [1.165, 1.54) is 3.93 Å². The first-order chi connectivity index (χ1) is 5.09. The quantitative estimate of drug-likeness (QED) is 0.543. The van der Waals surface area contributed by atoms with E-state index in [9.17, 15) is 9.59 Å². The molecule has 1 saturated heterocycles. The minimum absolute atomic E-state index is 0.227. The fraction of sp³-hybridized carbons (Fsp3) is 0.600. The van der Waals surface area contributed by atoms with E-state index in [0.29, 0.717) is 6.42 Å². The molecule has 11 heavy (non-hydrogen) atoms. The second-order valence-corrected chi connectivity index (χ2v) is 3.61. The van der Waals surface area contributed by atoms with Crippen molar-refractivity contribution < 1.29 is 9.59 Å². The zero-order chi connectivity index (χ0) is 8.59. The van der Waals surface area contributed by atoms with Crippen molar-refractivity contribution >= 4 is 44.2 Å². The summed E-state index contributed by atoms with van der Waals surface area (Å²) in [6.45, 7) is 1.84. The molecule has 0 aromatic heterocycles. The number of halogens is 2. The maximum Gasteiger partial charge on any atom is 0.347 e. The van der Waals surface area contributed by atoms with Crippen LogP contribution in [0.3, 0.4) is 0 Å². The van der Waals surface area contributed by atoms with Crippen LogP contribution in [0.2, 0.25) is 0 Å². The first-order valence-electron chi connectivity index (χ1n) is 3.08. The lowest BCUT2D eigenvalue weighted by Crippen LogP contribution is -2.25. The van der Waals surface area contributed by atoms with Crippen molar-refractivity contribution in [1.29, 1.82) is 0 Å². The number of hydrogen-bond donors (Lipinski definition) is 0. The molecule has 62 valence electrons. The van der Waals surface area contributed by atoms with Crippen molar-refractivity contribution in [3.8, 4) is 0 Å². The van der Waals surface area contributed by atoms with Gasteiger partial charge in [0, 0.05) is 0 Å². The van der Waals surface area contributed by atoms with Crippen LogP contribution in [0.5, 0.6) is 0 Å². The molecule has 0 saturated carbocycles. The Labute approximate surface area is 81.2 Å². The fourth-order valence-electron chi connectivity index (χ4n) is 0.874. The van der Waals surface area contributed by atoms with Crippen LogP contribution in [0, 0.1) is 0 Å². The van der Waals surface area contributed by atoms with Crippen LogP contribution < -0.4 is 0 Å². The number of carbonyl (C=O) groups excluding carboxylic acids is 2. The molecule has 0 aliphatic carbocycles. The van der Waals surface area contributed by atoms with Gasteiger partial charge in [0.15, 0.2) is 0 Å². The van der Waals surface area contributed by atoms with Gasteiger partial charge in [-0.3, -0.25) is 4.79 Å². The van der Waals surface area contributed by atoms with E-state index in [0.717, 1.165) is 3.93 Å². The molecule has 3 amide bonds. The number of carbonyl (C=O) groups is 2. The SMILES string of the molecule is CCC1C(=O)N(Br)C(=O)N1Br. The maximum absolute atomic E-state index is 11.1. The molecule has 0 bridgehead atoms. The van der Waals surface area contributed by atoms with Gasteiger partial charge in [-0.1, -0.05) is 6.92 Å². The van der Waals surface area contributed by atoms with Crippen molar-refractivity contribution in [3.05, 3.63) is 0 Å². The van der Waals surface area contributed by atoms with Crippen molar-refractivity contribution in [1.82, 2.24) is 7.85 Å². The summed E-state index contributed by atoms with van der Waals surface area (Å²) in [6.07, 6.45) is 0.609. The molecular weight excluding hydrogens is 280 g/mol. The second kappa shape index (κ2) is 3.10. The standard InChI is InChI=1S/C5H6Br2N2O2/c1-2-3-4(10)9(7)5(11)8(3)6/h3H,2H2,1H3. The first kappa shape index (κ1) is 8.99. The van der Waals surface area contributed by atoms with Crippen LogP contribution in [0.15, 0.2) is 0 Å². The molecule has 4 nitrogen and oxygen atoms in total. The predicted octanol–water partition coefficient (Wildman–Crippen LogP) is 1.65. The van der Waals surface area contributed by atoms with Crippen LogP contribution in [-0.4, -0.2) is 25.8 Å². The monoisotopic (exact) mass is 284 g/mol. The Kier molecular flexibility index (Phi) is 2.54. The highest BCUT2D eigenvalue weighted by molar-refractivity contribution is 9.08. The van der Waals surface area contributed by atoms with Crippen molar-refractivity contribution in [2.45, 2.75) is 19.4 Å². The minimum atomic E-state index is -0.373. The normalized spacial score (nSPS) is 25.2. The number of imide groups is 1. The Morgan fingerprint density at radius 3 is 2.18 bits per heavy atom. The predicted molar refractivity (Wildman–Crippen MR) is 46.0 cm³/mol. The number of rotatable bonds is 1. The Morgan fingerprint density at radius 2 is 2.00 bits per heavy atom. The summed E-state index contributed by atoms with van der Waals surface area (Å²) < 4.78 is 2.17. The molecule has 1 aliphatic heterocycles. The Morgan fingerprint density at radius 1 is 1.45 bits per heavy atom. The van der Waals surface area contributed by atoms with Gasteiger partial charge in [-0.25, -0.2) is 8.72 Å². The summed E-state index contributed by atoms with van der Waals surface area (Å²) in [7, 11) is 0. The maximum atomic E-state index is 11.1. The second-order valence-electron chi connectivity index (χ2n) is 2.14. The van der Waals surface area contributed by atoms with E-state index >= 15 is 0 Å². The molecule has 0 N–H and O–H groups in total. The van der Waals surface area contributed by atoms with Crippen LogP contribution in [-0.2, 0) is 4.79 Å². The van der Waals surface area contributed by atoms with E-state index in [-0.39, 0.29) is 18.0 Å². The van der Waals surface area contributed by atoms with E-state index in [2.05, 4.69) is 32.3 Å². The molecule has 0 aromatic rings. The molecule has 0 aromatic carbocycles. The van der Waals surface area contributed by atoms with Gasteiger partial charge in [-0.15, -0.1) is 0 Å². The summed E-state index contributed by atoms with van der Waals surface area (Å²) in [4.78, 5) is 22.2. The molecule has 0 radical (unpaired) electrons. The summed E-state index contributed by atoms with van der Waals surface area (Å²) >= 11 is 5.86. The summed E-state index contributed by atoms with van der Waals surface area (Å²) in [5.74, 6) is -0.227. The minimum Gasteiger partial charge on any atom is -0.271 e. The van der Waals surface area contributed by atoms with Gasteiger partial charge in [-0.2, -0.15) is 3.93 Å². The lowest BCUT2D eigenvalue weighted by atomic mass is 10.2. The third-order valence-corrected chi connectivity index (χ3v) is 2.94. The highest BCUT2D eigenvalue weighted by Crippen LogP contribution is 2.25. The van der Waals surface area contributed by atoms with Crippen molar-refractivity contribution in [2.24, 2.45) is 0 Å². The lowest BCUT2D eigenvalue weighted by Gasteiger charge is -2.09. The third kappa shape index (κ3) is 1.29. The number of hydrogen-bond acceptors (Lipinski definition) is 2. The summed E-state index contributed by atoms with van der Waals surface area (Å²) in [5.41, 5.74) is 0. The molecular formula is C5H6Br2N2O2. The van der Waals surface area contributed by atoms with Crippen LogP contribution in [0.1, 0.15) is 13.3 Å². The van der Waals surface area contributed by atoms with Crippen molar-refractivity contribution in [2.75, 3.05) is 0 Å². The molecule has 1 heterocycles. The van der Waals surface area contributed by atoms with Crippen molar-refractivity contribution in [3.63, 3.8) is 0 Å². The zero-order valence-electron chi connectivity index (χ0n) is 5.75. The number of urea groups is 1. The van der Waals surface area contributed by atoms with Gasteiger partial charge in [0.2, 0.25) is 0 Å². The van der Waals surface area contributed by atoms with E-state index in [1.54, 1.807) is 0 Å². The van der Waals surface area contributed by atoms with Crippen LogP contribution >= 0.6 is 32.3 Å². The van der Waals surface area contributed by atoms with E-state index in [1.807, 2.05) is 6.92 Å². The average molecular weight is 286 g/mol. The lowest BCUT2D eigenvalue weighted by molar-refractivity contribution is -0.124. The summed E-state index contributed by atoms with van der Waals surface area (Å²) in [5, 5.41) is 0. The van der Waals surface area contributed by atoms with Crippen LogP contribution in [0.4, 0.5) is 4.79 Å². The molecule has 6 heteroatoms. The zero-order valence-corrected chi connectivity index (χ0v) is 8.92. The molecule has 1 aliphatic rings. The third-order valence-electron chi connectivity index (χ3n) is 1.49. The topological polar surface area (TPSA) is 40.6 Å². The van der Waals surface area contributed by atoms with Crippen LogP contribution in [0.25, 0.3) is 0 Å². The van der Waals surface area contributed by atoms with Gasteiger partial charge in [-0.05, 0) is 6.42 Å². The average Bonchev–Trinajstić information content (AvgIpc) is 2.17. The highest BCUT2D eigenvalue weighted by atomic mass is 79.9. The smallest absolute Gasteiger partial charge is 0.271 e. The molecule has 1 unspecified atom stereocenters. The molecule has 0 spiro atoms. The first-order valence-corrected chi connectivity index (χ1v) is 4.50. The van der Waals surface area contributed by atoms with Gasteiger partial charge in [0.05, 0.1) is 32.3 Å². The Balaban J connectivity index is 2.86. The van der Waals surface area contributed by atoms with Gasteiger partial charge >= 0.3 is 6.03 Å². The van der Waals surface area contributed by atoms with Gasteiger partial charge in [0.25, 0.3) is 5.91 Å². The molecule has 1 atom stereocenters. The molecule has 1 rings (SSSR count). The largest absolute Gasteiger partial charge is 0.347 e. The number of nitrogens with zero attached hydrogens (tertiary/aromatic N) is 2. The van der Waals surface area contributed by atoms with E-state index < -0.39 is 0 Å². The Hall–Kier alpha value is -0.100. The Bertz CT molecular complexity index is 209. The fourth-order valence-corrected chi connectivity index (χ4v) is 2.12. The summed E-state index contributed by atoms with van der Waals surface area (Å²) in [6, 6.07) is -0.747. The molecule has 1 fully saturated rings. The van der Waals surface area contributed by atoms with E-state index in [4.69, 9.17) is 0 Å². The van der Waals surface area contributed by atoms with Gasteiger partial charge in [0.1, 0.15) is 6.04 Å². The number of amides is 3.